The molecule has 1 heterocycles. The standard InChI is InChI=1S/C17H21N3O3/c1-13(11-22-2)19-17(21)20-15-5-7-16(8-6-15)23-12-14-4-3-9-18-10-14/h3-10,13H,11-12H2,1-2H3,(H2,19,20,21). The molecule has 0 aliphatic carbocycles. The first-order chi connectivity index (χ1) is 11.2. The molecule has 6 nitrogen and oxygen atoms in total. The first-order valence-corrected chi connectivity index (χ1v) is 7.35. The lowest BCUT2D eigenvalue weighted by atomic mass is 10.3. The fraction of sp³-hybridized carbons (Fsp3) is 0.294. The summed E-state index contributed by atoms with van der Waals surface area (Å²) in [5, 5.41) is 5.54. The first-order valence-electron chi connectivity index (χ1n) is 7.35. The number of anilines is 1. The van der Waals surface area contributed by atoms with Crippen LogP contribution < -0.4 is 15.4 Å². The summed E-state index contributed by atoms with van der Waals surface area (Å²) in [6.45, 7) is 2.79. The van der Waals surface area contributed by atoms with Crippen LogP contribution in [0.15, 0.2) is 48.8 Å². The van der Waals surface area contributed by atoms with Crippen molar-refractivity contribution in [2.75, 3.05) is 19.0 Å². The molecule has 1 atom stereocenters. The molecular weight excluding hydrogens is 294 g/mol. The average Bonchev–Trinajstić information content (AvgIpc) is 2.55. The number of ether oxygens (including phenoxy) is 2. The van der Waals surface area contributed by atoms with Gasteiger partial charge in [0.15, 0.2) is 0 Å². The molecule has 1 aromatic carbocycles. The van der Waals surface area contributed by atoms with Crippen LogP contribution in [0.4, 0.5) is 10.5 Å². The van der Waals surface area contributed by atoms with Crippen molar-refractivity contribution >= 4 is 11.7 Å². The van der Waals surface area contributed by atoms with Crippen LogP contribution in [0.5, 0.6) is 5.75 Å². The molecule has 1 aromatic heterocycles. The van der Waals surface area contributed by atoms with Gasteiger partial charge in [-0.15, -0.1) is 0 Å². The van der Waals surface area contributed by atoms with Gasteiger partial charge in [-0.2, -0.15) is 0 Å². The number of rotatable bonds is 7. The lowest BCUT2D eigenvalue weighted by Crippen LogP contribution is -2.38. The second-order valence-electron chi connectivity index (χ2n) is 5.13. The van der Waals surface area contributed by atoms with Crippen LogP contribution in [0.25, 0.3) is 0 Å². The minimum absolute atomic E-state index is 0.0536. The summed E-state index contributed by atoms with van der Waals surface area (Å²) in [4.78, 5) is 15.8. The number of benzene rings is 1. The SMILES string of the molecule is COCC(C)NC(=O)Nc1ccc(OCc2cccnc2)cc1. The monoisotopic (exact) mass is 315 g/mol. The normalized spacial score (nSPS) is 11.6. The zero-order valence-electron chi connectivity index (χ0n) is 13.3. The van der Waals surface area contributed by atoms with Crippen LogP contribution in [0.2, 0.25) is 0 Å². The fourth-order valence-corrected chi connectivity index (χ4v) is 1.97. The van der Waals surface area contributed by atoms with Gasteiger partial charge in [-0.1, -0.05) is 6.07 Å². The molecule has 0 spiro atoms. The van der Waals surface area contributed by atoms with E-state index in [-0.39, 0.29) is 12.1 Å². The number of carbonyl (C=O) groups is 1. The van der Waals surface area contributed by atoms with Crippen LogP contribution in [-0.2, 0) is 11.3 Å². The topological polar surface area (TPSA) is 72.5 Å². The molecule has 2 N–H and O–H groups in total. The van der Waals surface area contributed by atoms with Crippen molar-refractivity contribution in [1.29, 1.82) is 0 Å². The molecule has 0 aliphatic rings. The van der Waals surface area contributed by atoms with Crippen LogP contribution in [-0.4, -0.2) is 30.8 Å². The van der Waals surface area contributed by atoms with Crippen molar-refractivity contribution in [3.8, 4) is 5.75 Å². The van der Waals surface area contributed by atoms with E-state index in [0.29, 0.717) is 18.9 Å². The molecule has 2 aromatic rings. The Bertz CT molecular complexity index is 602. The number of urea groups is 1. The number of hydrogen-bond donors (Lipinski definition) is 2. The van der Waals surface area contributed by atoms with Gasteiger partial charge in [0.25, 0.3) is 0 Å². The van der Waals surface area contributed by atoms with E-state index in [2.05, 4.69) is 15.6 Å². The summed E-state index contributed by atoms with van der Waals surface area (Å²) in [5.41, 5.74) is 1.70. The van der Waals surface area contributed by atoms with Gasteiger partial charge in [0.05, 0.1) is 12.6 Å². The summed E-state index contributed by atoms with van der Waals surface area (Å²) >= 11 is 0. The highest BCUT2D eigenvalue weighted by Gasteiger charge is 2.07. The molecule has 2 rings (SSSR count). The van der Waals surface area contributed by atoms with E-state index in [0.717, 1.165) is 11.3 Å². The quantitative estimate of drug-likeness (QED) is 0.824. The summed E-state index contributed by atoms with van der Waals surface area (Å²) in [6, 6.07) is 10.7. The van der Waals surface area contributed by atoms with E-state index < -0.39 is 0 Å². The first kappa shape index (κ1) is 16.8. The van der Waals surface area contributed by atoms with Crippen LogP contribution >= 0.6 is 0 Å². The second kappa shape index (κ2) is 8.75. The number of methoxy groups -OCH3 is 1. The Hall–Kier alpha value is -2.60. The maximum absolute atomic E-state index is 11.8. The number of carbonyl (C=O) groups excluding carboxylic acids is 1. The van der Waals surface area contributed by atoms with Crippen LogP contribution in [0.3, 0.4) is 0 Å². The molecule has 6 heteroatoms. The smallest absolute Gasteiger partial charge is 0.319 e. The van der Waals surface area contributed by atoms with E-state index in [9.17, 15) is 4.79 Å². The number of nitrogens with one attached hydrogen (secondary N) is 2. The Labute approximate surface area is 135 Å². The molecule has 0 saturated carbocycles. The number of hydrogen-bond acceptors (Lipinski definition) is 4. The van der Waals surface area contributed by atoms with E-state index >= 15 is 0 Å². The molecule has 2 amide bonds. The molecule has 0 radical (unpaired) electrons. The van der Waals surface area contributed by atoms with Crippen molar-refractivity contribution in [2.24, 2.45) is 0 Å². The Morgan fingerprint density at radius 1 is 1.26 bits per heavy atom. The lowest BCUT2D eigenvalue weighted by molar-refractivity contribution is 0.173. The van der Waals surface area contributed by atoms with Gasteiger partial charge in [0.2, 0.25) is 0 Å². The molecule has 0 fully saturated rings. The fourth-order valence-electron chi connectivity index (χ4n) is 1.97. The van der Waals surface area contributed by atoms with Crippen molar-refractivity contribution < 1.29 is 14.3 Å². The number of pyridine rings is 1. The molecule has 0 aliphatic heterocycles. The highest BCUT2D eigenvalue weighted by atomic mass is 16.5. The van der Waals surface area contributed by atoms with Crippen molar-refractivity contribution in [3.63, 3.8) is 0 Å². The number of aromatic nitrogens is 1. The Morgan fingerprint density at radius 2 is 2.04 bits per heavy atom. The van der Waals surface area contributed by atoms with Crippen LogP contribution in [0.1, 0.15) is 12.5 Å². The Kier molecular flexibility index (Phi) is 6.38. The highest BCUT2D eigenvalue weighted by Crippen LogP contribution is 2.16. The van der Waals surface area contributed by atoms with E-state index in [1.807, 2.05) is 31.2 Å². The second-order valence-corrected chi connectivity index (χ2v) is 5.13. The molecule has 1 unspecified atom stereocenters. The summed E-state index contributed by atoms with van der Waals surface area (Å²) in [7, 11) is 1.60. The van der Waals surface area contributed by atoms with Gasteiger partial charge in [0.1, 0.15) is 12.4 Å². The summed E-state index contributed by atoms with van der Waals surface area (Å²) in [5.74, 6) is 0.729. The Balaban J connectivity index is 1.81. The lowest BCUT2D eigenvalue weighted by Gasteiger charge is -2.14. The Morgan fingerprint density at radius 3 is 2.70 bits per heavy atom. The molecule has 122 valence electrons. The molecular formula is C17H21N3O3. The zero-order chi connectivity index (χ0) is 16.5. The summed E-state index contributed by atoms with van der Waals surface area (Å²) < 4.78 is 10.6. The summed E-state index contributed by atoms with van der Waals surface area (Å²) in [6.07, 6.45) is 3.49. The van der Waals surface area contributed by atoms with Crippen molar-refractivity contribution in [2.45, 2.75) is 19.6 Å². The third-order valence-electron chi connectivity index (χ3n) is 3.03. The van der Waals surface area contributed by atoms with Gasteiger partial charge in [-0.3, -0.25) is 4.98 Å². The third kappa shape index (κ3) is 5.96. The van der Waals surface area contributed by atoms with Crippen molar-refractivity contribution in [3.05, 3.63) is 54.4 Å². The zero-order valence-corrected chi connectivity index (χ0v) is 13.3. The van der Waals surface area contributed by atoms with E-state index in [1.54, 1.807) is 31.6 Å². The maximum Gasteiger partial charge on any atom is 0.319 e. The van der Waals surface area contributed by atoms with Gasteiger partial charge in [-0.25, -0.2) is 4.79 Å². The van der Waals surface area contributed by atoms with Crippen LogP contribution in [0, 0.1) is 0 Å². The highest BCUT2D eigenvalue weighted by molar-refractivity contribution is 5.89. The predicted molar refractivity (Wildman–Crippen MR) is 88.5 cm³/mol. The predicted octanol–water partition coefficient (Wildman–Crippen LogP) is 2.82. The number of nitrogens with zero attached hydrogens (tertiary/aromatic N) is 1. The van der Waals surface area contributed by atoms with E-state index in [4.69, 9.17) is 9.47 Å². The third-order valence-corrected chi connectivity index (χ3v) is 3.03. The molecule has 0 saturated heterocycles. The van der Waals surface area contributed by atoms with Gasteiger partial charge in [-0.05, 0) is 37.3 Å². The van der Waals surface area contributed by atoms with Gasteiger partial charge < -0.3 is 20.1 Å². The van der Waals surface area contributed by atoms with Crippen molar-refractivity contribution in [1.82, 2.24) is 10.3 Å². The minimum atomic E-state index is -0.265. The number of amides is 2. The van der Waals surface area contributed by atoms with Gasteiger partial charge >= 0.3 is 6.03 Å². The molecule has 23 heavy (non-hydrogen) atoms. The minimum Gasteiger partial charge on any atom is -0.489 e. The average molecular weight is 315 g/mol. The van der Waals surface area contributed by atoms with Gasteiger partial charge in [0, 0.05) is 30.8 Å². The maximum atomic E-state index is 11.8. The molecule has 0 bridgehead atoms. The largest absolute Gasteiger partial charge is 0.489 e. The van der Waals surface area contributed by atoms with E-state index in [1.165, 1.54) is 0 Å².